The van der Waals surface area contributed by atoms with Crippen LogP contribution in [0.3, 0.4) is 0 Å². The molecule has 1 unspecified atom stereocenters. The molecule has 0 aliphatic carbocycles. The Hall–Kier alpha value is -0.610. The summed E-state index contributed by atoms with van der Waals surface area (Å²) in [5.41, 5.74) is 0.904. The monoisotopic (exact) mass is 257 g/mol. The highest BCUT2D eigenvalue weighted by molar-refractivity contribution is 6.31. The molecular weight excluding hydrogens is 238 g/mol. The Kier molecular flexibility index (Phi) is 5.92. The van der Waals surface area contributed by atoms with Gasteiger partial charge in [0.15, 0.2) is 0 Å². The number of halogens is 1. The smallest absolute Gasteiger partial charge is 0.214 e. The highest BCUT2D eigenvalue weighted by Gasteiger charge is 2.17. The van der Waals surface area contributed by atoms with Crippen molar-refractivity contribution in [3.63, 3.8) is 0 Å². The normalized spacial score (nSPS) is 14.9. The molecule has 0 amide bonds. The van der Waals surface area contributed by atoms with Gasteiger partial charge in [-0.25, -0.2) is 0 Å². The molecule has 2 atom stereocenters. The summed E-state index contributed by atoms with van der Waals surface area (Å²) in [6.45, 7) is 5.89. The van der Waals surface area contributed by atoms with Crippen molar-refractivity contribution >= 4 is 11.6 Å². The summed E-state index contributed by atoms with van der Waals surface area (Å²) in [4.78, 5) is 0. The third kappa shape index (κ3) is 4.64. The summed E-state index contributed by atoms with van der Waals surface area (Å²) < 4.78 is 5.54. The van der Waals surface area contributed by atoms with Gasteiger partial charge in [-0.1, -0.05) is 36.7 Å². The van der Waals surface area contributed by atoms with Crippen molar-refractivity contribution in [2.24, 2.45) is 0 Å². The van der Waals surface area contributed by atoms with Crippen LogP contribution in [0.4, 0.5) is 0 Å². The van der Waals surface area contributed by atoms with E-state index in [2.05, 4.69) is 5.32 Å². The first kappa shape index (κ1) is 14.5. The lowest BCUT2D eigenvalue weighted by molar-refractivity contribution is -0.160. The Balaban J connectivity index is 2.69. The average Bonchev–Trinajstić information content (AvgIpc) is 2.26. The van der Waals surface area contributed by atoms with Gasteiger partial charge >= 0.3 is 0 Å². The molecule has 0 spiro atoms. The van der Waals surface area contributed by atoms with Crippen molar-refractivity contribution in [1.29, 1.82) is 0 Å². The lowest BCUT2D eigenvalue weighted by Crippen LogP contribution is -2.37. The average molecular weight is 258 g/mol. The third-order valence-electron chi connectivity index (χ3n) is 2.39. The molecule has 96 valence electrons. The number of aliphatic hydroxyl groups excluding tert-OH is 1. The fourth-order valence-corrected chi connectivity index (χ4v) is 1.86. The second-order valence-electron chi connectivity index (χ2n) is 4.23. The van der Waals surface area contributed by atoms with E-state index >= 15 is 0 Å². The molecule has 3 nitrogen and oxygen atoms in total. The highest BCUT2D eigenvalue weighted by atomic mass is 35.5. The Morgan fingerprint density at radius 2 is 2.00 bits per heavy atom. The van der Waals surface area contributed by atoms with Crippen LogP contribution in [0, 0.1) is 0 Å². The number of aliphatic hydroxyl groups is 1. The summed E-state index contributed by atoms with van der Waals surface area (Å²) >= 11 is 6.10. The molecule has 1 aromatic carbocycles. The summed E-state index contributed by atoms with van der Waals surface area (Å²) in [6, 6.07) is 7.69. The van der Waals surface area contributed by atoms with Gasteiger partial charge in [0.1, 0.15) is 0 Å². The van der Waals surface area contributed by atoms with Crippen molar-refractivity contribution in [3.8, 4) is 0 Å². The highest BCUT2D eigenvalue weighted by Crippen LogP contribution is 2.28. The lowest BCUT2D eigenvalue weighted by Gasteiger charge is -2.23. The van der Waals surface area contributed by atoms with E-state index < -0.39 is 6.41 Å². The molecular formula is C13H20ClNO2. The van der Waals surface area contributed by atoms with Crippen LogP contribution in [-0.2, 0) is 4.74 Å². The number of nitrogens with one attached hydrogen (secondary N) is 1. The maximum Gasteiger partial charge on any atom is 0.214 e. The number of rotatable bonds is 6. The molecule has 0 aliphatic heterocycles. The molecule has 0 saturated heterocycles. The standard InChI is InChI=1S/C13H20ClNO2/c1-4-12(17-13(16)15-9(2)3)10-7-5-6-8-11(10)14/h5-9,12-13,15-16H,4H2,1-3H3/t12-,13?/m1/s1. The molecule has 0 fully saturated rings. The van der Waals surface area contributed by atoms with Gasteiger partial charge in [-0.2, -0.15) is 0 Å². The van der Waals surface area contributed by atoms with Gasteiger partial charge in [0, 0.05) is 11.1 Å². The van der Waals surface area contributed by atoms with Crippen molar-refractivity contribution in [2.45, 2.75) is 45.8 Å². The molecule has 17 heavy (non-hydrogen) atoms. The molecule has 0 aliphatic rings. The van der Waals surface area contributed by atoms with E-state index in [1.165, 1.54) is 0 Å². The van der Waals surface area contributed by atoms with E-state index in [1.54, 1.807) is 0 Å². The van der Waals surface area contributed by atoms with Crippen LogP contribution in [0.25, 0.3) is 0 Å². The van der Waals surface area contributed by atoms with Crippen molar-refractivity contribution in [1.82, 2.24) is 5.32 Å². The maximum atomic E-state index is 9.70. The molecule has 0 radical (unpaired) electrons. The van der Waals surface area contributed by atoms with Gasteiger partial charge in [-0.3, -0.25) is 5.32 Å². The molecule has 1 rings (SSSR count). The van der Waals surface area contributed by atoms with Gasteiger partial charge < -0.3 is 9.84 Å². The van der Waals surface area contributed by atoms with Gasteiger partial charge in [-0.15, -0.1) is 0 Å². The Bertz CT molecular complexity index is 344. The number of ether oxygens (including phenoxy) is 1. The SMILES string of the molecule is CC[C@@H](OC(O)NC(C)C)c1ccccc1Cl. The summed E-state index contributed by atoms with van der Waals surface area (Å²) in [5.74, 6) is 0. The Morgan fingerprint density at radius 3 is 2.53 bits per heavy atom. The fraction of sp³-hybridized carbons (Fsp3) is 0.538. The van der Waals surface area contributed by atoms with Crippen molar-refractivity contribution in [3.05, 3.63) is 34.9 Å². The van der Waals surface area contributed by atoms with E-state index in [0.29, 0.717) is 5.02 Å². The van der Waals surface area contributed by atoms with Crippen LogP contribution >= 0.6 is 11.6 Å². The predicted octanol–water partition coefficient (Wildman–Crippen LogP) is 3.08. The molecule has 0 aromatic heterocycles. The Labute approximate surface area is 108 Å². The molecule has 4 heteroatoms. The topological polar surface area (TPSA) is 41.5 Å². The lowest BCUT2D eigenvalue weighted by atomic mass is 10.1. The Morgan fingerprint density at radius 1 is 1.35 bits per heavy atom. The van der Waals surface area contributed by atoms with Crippen molar-refractivity contribution < 1.29 is 9.84 Å². The zero-order valence-electron chi connectivity index (χ0n) is 10.5. The molecule has 2 N–H and O–H groups in total. The van der Waals surface area contributed by atoms with E-state index in [0.717, 1.165) is 12.0 Å². The molecule has 1 aromatic rings. The van der Waals surface area contributed by atoms with Crippen LogP contribution in [-0.4, -0.2) is 17.6 Å². The maximum absolute atomic E-state index is 9.70. The minimum absolute atomic E-state index is 0.161. The van der Waals surface area contributed by atoms with Crippen LogP contribution in [0.15, 0.2) is 24.3 Å². The summed E-state index contributed by atoms with van der Waals surface area (Å²) in [7, 11) is 0. The minimum Gasteiger partial charge on any atom is -0.356 e. The summed E-state index contributed by atoms with van der Waals surface area (Å²) in [6.07, 6.45) is -0.429. The minimum atomic E-state index is -0.976. The second-order valence-corrected chi connectivity index (χ2v) is 4.64. The number of benzene rings is 1. The van der Waals surface area contributed by atoms with Gasteiger partial charge in [0.05, 0.1) is 6.10 Å². The first-order valence-corrected chi connectivity index (χ1v) is 6.26. The first-order valence-electron chi connectivity index (χ1n) is 5.88. The van der Waals surface area contributed by atoms with E-state index in [9.17, 15) is 5.11 Å². The predicted molar refractivity (Wildman–Crippen MR) is 69.8 cm³/mol. The van der Waals surface area contributed by atoms with Crippen LogP contribution in [0.1, 0.15) is 38.9 Å². The number of hydrogen-bond donors (Lipinski definition) is 2. The van der Waals surface area contributed by atoms with Crippen LogP contribution in [0.2, 0.25) is 5.02 Å². The van der Waals surface area contributed by atoms with Crippen LogP contribution in [0.5, 0.6) is 0 Å². The van der Waals surface area contributed by atoms with Gasteiger partial charge in [0.25, 0.3) is 0 Å². The zero-order chi connectivity index (χ0) is 12.8. The van der Waals surface area contributed by atoms with E-state index in [-0.39, 0.29) is 12.1 Å². The van der Waals surface area contributed by atoms with E-state index in [4.69, 9.17) is 16.3 Å². The second kappa shape index (κ2) is 6.97. The zero-order valence-corrected chi connectivity index (χ0v) is 11.2. The number of hydrogen-bond acceptors (Lipinski definition) is 3. The summed E-state index contributed by atoms with van der Waals surface area (Å²) in [5, 5.41) is 13.2. The van der Waals surface area contributed by atoms with E-state index in [1.807, 2.05) is 45.0 Å². The molecule has 0 heterocycles. The molecule has 0 bridgehead atoms. The van der Waals surface area contributed by atoms with Crippen molar-refractivity contribution in [2.75, 3.05) is 0 Å². The third-order valence-corrected chi connectivity index (χ3v) is 2.74. The fourth-order valence-electron chi connectivity index (χ4n) is 1.61. The van der Waals surface area contributed by atoms with Gasteiger partial charge in [-0.05, 0) is 31.9 Å². The first-order chi connectivity index (χ1) is 8.04. The molecule has 0 saturated carbocycles. The largest absolute Gasteiger partial charge is 0.356 e. The quantitative estimate of drug-likeness (QED) is 0.770. The van der Waals surface area contributed by atoms with Gasteiger partial charge in [0.2, 0.25) is 6.41 Å². The van der Waals surface area contributed by atoms with Crippen LogP contribution < -0.4 is 5.32 Å².